The first kappa shape index (κ1) is 20.8. The molecule has 2 nitrogen and oxygen atoms in total. The summed E-state index contributed by atoms with van der Waals surface area (Å²) in [4.78, 5) is 0. The molecule has 5 aliphatic rings. The summed E-state index contributed by atoms with van der Waals surface area (Å²) < 4.78 is 13.6. The first-order valence-corrected chi connectivity index (χ1v) is 13.2. The zero-order valence-electron chi connectivity index (χ0n) is 19.7. The van der Waals surface area contributed by atoms with Crippen LogP contribution >= 0.6 is 0 Å². The largest absolute Gasteiger partial charge is 0.375 e. The van der Waals surface area contributed by atoms with Crippen LogP contribution < -0.4 is 0 Å². The summed E-state index contributed by atoms with van der Waals surface area (Å²) in [6.45, 7) is 11.7. The molecular formula is C27H46O2. The molecule has 5 aliphatic carbocycles. The maximum absolute atomic E-state index is 7.00. The molecule has 0 heterocycles. The van der Waals surface area contributed by atoms with Gasteiger partial charge in [0.25, 0.3) is 0 Å². The molecule has 0 radical (unpaired) electrons. The fourth-order valence-corrected chi connectivity index (χ4v) is 8.46. The summed E-state index contributed by atoms with van der Waals surface area (Å²) in [5, 5.41) is 0. The third kappa shape index (κ3) is 3.84. The van der Waals surface area contributed by atoms with Gasteiger partial charge < -0.3 is 9.47 Å². The Hall–Kier alpha value is -0.0800. The molecule has 11 atom stereocenters. The summed E-state index contributed by atoms with van der Waals surface area (Å²) in [5.41, 5.74) is 0. The SMILES string of the molecule is CC(C)C(CC1CC2CC(O[C@@H](C)C(C)C)C1C2)OC1CC2CC1C1CCCC21. The highest BCUT2D eigenvalue weighted by Crippen LogP contribution is 2.60. The van der Waals surface area contributed by atoms with Gasteiger partial charge in [0.1, 0.15) is 0 Å². The Balaban J connectivity index is 1.19. The van der Waals surface area contributed by atoms with Gasteiger partial charge in [-0.1, -0.05) is 34.1 Å². The molecule has 29 heavy (non-hydrogen) atoms. The Kier molecular flexibility index (Phi) is 5.82. The standard InChI is InChI=1S/C27H46O2/c1-15(2)17(5)28-26-11-18-9-19(23(26)10-18)13-25(16(3)4)29-27-14-20-12-24(27)22-8-6-7-21(20)22/h15-27H,6-14H2,1-5H3/t17-,18?,19?,20?,21?,22?,23?,24?,25?,26?,27?/m0/s1. The van der Waals surface area contributed by atoms with E-state index in [0.717, 1.165) is 41.4 Å². The number of ether oxygens (including phenoxy) is 2. The van der Waals surface area contributed by atoms with Crippen molar-refractivity contribution >= 4 is 0 Å². The highest BCUT2D eigenvalue weighted by molar-refractivity contribution is 5.04. The fraction of sp³-hybridized carbons (Fsp3) is 1.00. The number of fused-ring (bicyclic) bond motifs is 7. The van der Waals surface area contributed by atoms with E-state index in [-0.39, 0.29) is 0 Å². The molecule has 0 amide bonds. The summed E-state index contributed by atoms with van der Waals surface area (Å²) in [5.74, 6) is 7.81. The third-order valence-electron chi connectivity index (χ3n) is 10.2. The van der Waals surface area contributed by atoms with Crippen molar-refractivity contribution in [1.29, 1.82) is 0 Å². The predicted octanol–water partition coefficient (Wildman–Crippen LogP) is 6.72. The topological polar surface area (TPSA) is 18.5 Å². The molecule has 0 aromatic heterocycles. The van der Waals surface area contributed by atoms with E-state index in [4.69, 9.17) is 9.47 Å². The van der Waals surface area contributed by atoms with Crippen LogP contribution in [0.2, 0.25) is 0 Å². The lowest BCUT2D eigenvalue weighted by Crippen LogP contribution is -2.38. The van der Waals surface area contributed by atoms with E-state index in [1.165, 1.54) is 57.8 Å². The van der Waals surface area contributed by atoms with Crippen molar-refractivity contribution in [2.24, 2.45) is 53.3 Å². The number of hydrogen-bond donors (Lipinski definition) is 0. The Labute approximate surface area is 179 Å². The van der Waals surface area contributed by atoms with Crippen LogP contribution in [0.3, 0.4) is 0 Å². The van der Waals surface area contributed by atoms with Crippen LogP contribution in [-0.4, -0.2) is 24.4 Å². The zero-order valence-corrected chi connectivity index (χ0v) is 19.7. The molecule has 0 aromatic carbocycles. The quantitative estimate of drug-likeness (QED) is 0.449. The second-order valence-corrected chi connectivity index (χ2v) is 12.5. The maximum Gasteiger partial charge on any atom is 0.0612 e. The third-order valence-corrected chi connectivity index (χ3v) is 10.2. The van der Waals surface area contributed by atoms with Gasteiger partial charge in [-0.2, -0.15) is 0 Å². The Morgan fingerprint density at radius 3 is 2.17 bits per heavy atom. The van der Waals surface area contributed by atoms with E-state index < -0.39 is 0 Å². The lowest BCUT2D eigenvalue weighted by atomic mass is 9.79. The molecule has 0 aliphatic heterocycles. The van der Waals surface area contributed by atoms with Crippen molar-refractivity contribution < 1.29 is 9.47 Å². The zero-order chi connectivity index (χ0) is 20.3. The van der Waals surface area contributed by atoms with Gasteiger partial charge in [0, 0.05) is 0 Å². The van der Waals surface area contributed by atoms with Gasteiger partial charge in [0.15, 0.2) is 0 Å². The lowest BCUT2D eigenvalue weighted by molar-refractivity contribution is -0.0985. The highest BCUT2D eigenvalue weighted by atomic mass is 16.5. The molecule has 5 rings (SSSR count). The average Bonchev–Trinajstić information content (AvgIpc) is 3.45. The van der Waals surface area contributed by atoms with E-state index in [0.29, 0.717) is 36.3 Å². The Bertz CT molecular complexity index is 571. The summed E-state index contributed by atoms with van der Waals surface area (Å²) in [6.07, 6.45) is 14.8. The van der Waals surface area contributed by atoms with Gasteiger partial charge in [-0.15, -0.1) is 0 Å². The smallest absolute Gasteiger partial charge is 0.0612 e. The van der Waals surface area contributed by atoms with Gasteiger partial charge in [-0.05, 0) is 112 Å². The van der Waals surface area contributed by atoms with Gasteiger partial charge in [-0.25, -0.2) is 0 Å². The van der Waals surface area contributed by atoms with Crippen LogP contribution in [0.1, 0.15) is 92.4 Å². The molecule has 5 saturated carbocycles. The van der Waals surface area contributed by atoms with Crippen LogP contribution in [0.4, 0.5) is 0 Å². The molecule has 0 saturated heterocycles. The number of rotatable bonds is 8. The Morgan fingerprint density at radius 1 is 0.690 bits per heavy atom. The fourth-order valence-electron chi connectivity index (χ4n) is 8.46. The molecule has 0 aromatic rings. The summed E-state index contributed by atoms with van der Waals surface area (Å²) >= 11 is 0. The minimum atomic E-state index is 0.394. The second-order valence-electron chi connectivity index (χ2n) is 12.5. The van der Waals surface area contributed by atoms with E-state index in [2.05, 4.69) is 34.6 Å². The van der Waals surface area contributed by atoms with Crippen LogP contribution in [0, 0.1) is 53.3 Å². The Morgan fingerprint density at radius 2 is 1.45 bits per heavy atom. The van der Waals surface area contributed by atoms with Crippen molar-refractivity contribution in [2.75, 3.05) is 0 Å². The summed E-state index contributed by atoms with van der Waals surface area (Å²) in [6, 6.07) is 0. The normalized spacial score (nSPS) is 47.5. The van der Waals surface area contributed by atoms with E-state index in [1.54, 1.807) is 0 Å². The lowest BCUT2D eigenvalue weighted by Gasteiger charge is -2.38. The monoisotopic (exact) mass is 402 g/mol. The van der Waals surface area contributed by atoms with Crippen LogP contribution in [0.15, 0.2) is 0 Å². The van der Waals surface area contributed by atoms with E-state index in [9.17, 15) is 0 Å². The van der Waals surface area contributed by atoms with E-state index in [1.807, 2.05) is 0 Å². The number of hydrogen-bond acceptors (Lipinski definition) is 2. The van der Waals surface area contributed by atoms with Gasteiger partial charge in [0.05, 0.1) is 24.4 Å². The molecular weight excluding hydrogens is 356 g/mol. The van der Waals surface area contributed by atoms with Gasteiger partial charge in [-0.3, -0.25) is 0 Å². The highest BCUT2D eigenvalue weighted by Gasteiger charge is 2.55. The first-order chi connectivity index (χ1) is 13.9. The van der Waals surface area contributed by atoms with Crippen molar-refractivity contribution in [3.05, 3.63) is 0 Å². The minimum Gasteiger partial charge on any atom is -0.375 e. The first-order valence-electron chi connectivity index (χ1n) is 13.2. The second kappa shape index (κ2) is 8.12. The maximum atomic E-state index is 7.00. The minimum absolute atomic E-state index is 0.394. The predicted molar refractivity (Wildman–Crippen MR) is 119 cm³/mol. The molecule has 0 spiro atoms. The molecule has 10 unspecified atom stereocenters. The molecule has 4 bridgehead atoms. The average molecular weight is 403 g/mol. The van der Waals surface area contributed by atoms with Crippen molar-refractivity contribution in [3.63, 3.8) is 0 Å². The molecule has 0 N–H and O–H groups in total. The van der Waals surface area contributed by atoms with Crippen LogP contribution in [-0.2, 0) is 9.47 Å². The van der Waals surface area contributed by atoms with Gasteiger partial charge >= 0.3 is 0 Å². The van der Waals surface area contributed by atoms with Crippen LogP contribution in [0.25, 0.3) is 0 Å². The van der Waals surface area contributed by atoms with Crippen molar-refractivity contribution in [3.8, 4) is 0 Å². The molecule has 166 valence electrons. The van der Waals surface area contributed by atoms with E-state index >= 15 is 0 Å². The van der Waals surface area contributed by atoms with Crippen molar-refractivity contribution in [2.45, 2.75) is 117 Å². The van der Waals surface area contributed by atoms with Gasteiger partial charge in [0.2, 0.25) is 0 Å². The molecule has 5 fully saturated rings. The molecule has 2 heteroatoms. The summed E-state index contributed by atoms with van der Waals surface area (Å²) in [7, 11) is 0. The van der Waals surface area contributed by atoms with Crippen LogP contribution in [0.5, 0.6) is 0 Å². The van der Waals surface area contributed by atoms with Crippen molar-refractivity contribution in [1.82, 2.24) is 0 Å².